The second-order valence-corrected chi connectivity index (χ2v) is 7.43. The van der Waals surface area contributed by atoms with Gasteiger partial charge >= 0.3 is 5.69 Å². The van der Waals surface area contributed by atoms with Crippen molar-refractivity contribution < 1.29 is 22.8 Å². The zero-order chi connectivity index (χ0) is 17.8. The average molecular weight is 359 g/mol. The van der Waals surface area contributed by atoms with Crippen LogP contribution in [0.3, 0.4) is 0 Å². The van der Waals surface area contributed by atoms with Crippen LogP contribution >= 0.6 is 0 Å². The number of nitrogens with zero attached hydrogens (tertiary/aromatic N) is 1. The van der Waals surface area contributed by atoms with Crippen LogP contribution in [0.2, 0.25) is 0 Å². The minimum absolute atomic E-state index is 0.00672. The third kappa shape index (κ3) is 4.01. The molecule has 24 heavy (non-hydrogen) atoms. The summed E-state index contributed by atoms with van der Waals surface area (Å²) in [6.45, 7) is 1.31. The van der Waals surface area contributed by atoms with Gasteiger partial charge in [-0.05, 0) is 31.5 Å². The smallest absolute Gasteiger partial charge is 0.312 e. The molecule has 2 rings (SSSR count). The number of hydrogen-bond donors (Lipinski definition) is 2. The third-order valence-electron chi connectivity index (χ3n) is 4.01. The maximum absolute atomic E-state index is 12.5. The lowest BCUT2D eigenvalue weighted by atomic mass is 9.99. The van der Waals surface area contributed by atoms with Crippen LogP contribution in [0.4, 0.5) is 5.69 Å². The topological polar surface area (TPSA) is 120 Å². The Hall–Kier alpha value is -1.75. The lowest BCUT2D eigenvalue weighted by Crippen LogP contribution is -2.52. The number of sulfonamides is 1. The van der Waals surface area contributed by atoms with Crippen molar-refractivity contribution in [1.82, 2.24) is 10.0 Å². The number of nitro benzene ring substituents is 1. The summed E-state index contributed by atoms with van der Waals surface area (Å²) in [6, 6.07) is 3.54. The number of hydrogen-bond acceptors (Lipinski definition) is 7. The van der Waals surface area contributed by atoms with E-state index >= 15 is 0 Å². The van der Waals surface area contributed by atoms with E-state index in [9.17, 15) is 18.5 Å². The van der Waals surface area contributed by atoms with Crippen LogP contribution in [0.25, 0.3) is 0 Å². The maximum Gasteiger partial charge on any atom is 0.312 e. The highest BCUT2D eigenvalue weighted by atomic mass is 32.2. The van der Waals surface area contributed by atoms with Crippen molar-refractivity contribution in [1.29, 1.82) is 0 Å². The minimum atomic E-state index is -3.89. The van der Waals surface area contributed by atoms with E-state index in [4.69, 9.17) is 9.47 Å². The predicted octanol–water partition coefficient (Wildman–Crippen LogP) is 0.650. The summed E-state index contributed by atoms with van der Waals surface area (Å²) in [6.07, 6.45) is 1.71. The van der Waals surface area contributed by atoms with Gasteiger partial charge in [0.1, 0.15) is 0 Å². The van der Waals surface area contributed by atoms with E-state index in [0.29, 0.717) is 6.61 Å². The predicted molar refractivity (Wildman–Crippen MR) is 86.7 cm³/mol. The summed E-state index contributed by atoms with van der Waals surface area (Å²) in [5.41, 5.74) is -0.855. The lowest BCUT2D eigenvalue weighted by Gasteiger charge is -2.28. The highest BCUT2D eigenvalue weighted by Gasteiger charge is 2.35. The number of benzene rings is 1. The summed E-state index contributed by atoms with van der Waals surface area (Å²) in [7, 11) is -1.05. The largest absolute Gasteiger partial charge is 0.490 e. The van der Waals surface area contributed by atoms with Crippen LogP contribution in [0.1, 0.15) is 12.8 Å². The van der Waals surface area contributed by atoms with E-state index in [1.165, 1.54) is 19.2 Å². The number of rotatable bonds is 8. The van der Waals surface area contributed by atoms with Crippen molar-refractivity contribution in [2.75, 3.05) is 33.9 Å². The van der Waals surface area contributed by atoms with Gasteiger partial charge in [0.2, 0.25) is 10.0 Å². The van der Waals surface area contributed by atoms with E-state index in [0.717, 1.165) is 25.5 Å². The van der Waals surface area contributed by atoms with Crippen LogP contribution < -0.4 is 14.8 Å². The van der Waals surface area contributed by atoms with Crippen LogP contribution in [0, 0.1) is 10.1 Å². The van der Waals surface area contributed by atoms with Crippen molar-refractivity contribution in [3.8, 4) is 5.75 Å². The van der Waals surface area contributed by atoms with Crippen molar-refractivity contribution >= 4 is 15.7 Å². The Morgan fingerprint density at radius 2 is 2.17 bits per heavy atom. The third-order valence-corrected chi connectivity index (χ3v) is 5.41. The molecule has 0 bridgehead atoms. The van der Waals surface area contributed by atoms with Gasteiger partial charge in [-0.2, -0.15) is 0 Å². The van der Waals surface area contributed by atoms with Gasteiger partial charge in [-0.3, -0.25) is 10.1 Å². The molecule has 1 heterocycles. The van der Waals surface area contributed by atoms with E-state index in [-0.39, 0.29) is 17.2 Å². The van der Waals surface area contributed by atoms with Crippen molar-refractivity contribution in [3.63, 3.8) is 0 Å². The molecule has 1 unspecified atom stereocenters. The standard InChI is InChI=1S/C14H21N3O6S/c1-22-10-14(6-3-7-15-14)9-16-24(20,21)11-4-5-13(23-2)12(8-11)17(18)19/h4-5,8,15-16H,3,6-7,9-10H2,1-2H3. The highest BCUT2D eigenvalue weighted by Crippen LogP contribution is 2.29. The van der Waals surface area contributed by atoms with E-state index in [2.05, 4.69) is 10.0 Å². The summed E-state index contributed by atoms with van der Waals surface area (Å²) in [5.74, 6) is 0.00672. The molecule has 1 aliphatic rings. The summed E-state index contributed by atoms with van der Waals surface area (Å²) < 4.78 is 37.5. The molecule has 9 nitrogen and oxygen atoms in total. The summed E-state index contributed by atoms with van der Waals surface area (Å²) >= 11 is 0. The first-order valence-electron chi connectivity index (χ1n) is 7.40. The molecular weight excluding hydrogens is 338 g/mol. The monoisotopic (exact) mass is 359 g/mol. The number of nitro groups is 1. The molecule has 1 atom stereocenters. The normalized spacial score (nSPS) is 20.9. The first kappa shape index (κ1) is 18.6. The zero-order valence-electron chi connectivity index (χ0n) is 13.6. The SMILES string of the molecule is COCC1(CNS(=O)(=O)c2ccc(OC)c([N+](=O)[O-])c2)CCCN1. The molecule has 0 aromatic heterocycles. The highest BCUT2D eigenvalue weighted by molar-refractivity contribution is 7.89. The lowest BCUT2D eigenvalue weighted by molar-refractivity contribution is -0.386. The van der Waals surface area contributed by atoms with Gasteiger partial charge < -0.3 is 14.8 Å². The number of nitrogens with one attached hydrogen (secondary N) is 2. The first-order chi connectivity index (χ1) is 11.3. The molecule has 0 spiro atoms. The molecule has 10 heteroatoms. The molecule has 134 valence electrons. The van der Waals surface area contributed by atoms with Crippen LogP contribution in [-0.2, 0) is 14.8 Å². The van der Waals surface area contributed by atoms with E-state index in [1.54, 1.807) is 7.11 Å². The fraction of sp³-hybridized carbons (Fsp3) is 0.571. The van der Waals surface area contributed by atoms with Crippen LogP contribution in [-0.4, -0.2) is 52.8 Å². The number of methoxy groups -OCH3 is 2. The molecule has 1 fully saturated rings. The Labute approximate surface area is 140 Å². The quantitative estimate of drug-likeness (QED) is 0.516. The fourth-order valence-corrected chi connectivity index (χ4v) is 3.91. The van der Waals surface area contributed by atoms with Crippen molar-refractivity contribution in [2.24, 2.45) is 0 Å². The van der Waals surface area contributed by atoms with Crippen molar-refractivity contribution in [3.05, 3.63) is 28.3 Å². The Kier molecular flexibility index (Phi) is 5.75. The Morgan fingerprint density at radius 1 is 1.42 bits per heavy atom. The Balaban J connectivity index is 2.21. The molecule has 2 N–H and O–H groups in total. The Bertz CT molecular complexity index is 700. The van der Waals surface area contributed by atoms with Crippen molar-refractivity contribution in [2.45, 2.75) is 23.3 Å². The first-order valence-corrected chi connectivity index (χ1v) is 8.88. The molecule has 1 aromatic rings. The average Bonchev–Trinajstić information content (AvgIpc) is 3.02. The zero-order valence-corrected chi connectivity index (χ0v) is 14.4. The van der Waals surface area contributed by atoms with Gasteiger partial charge in [-0.1, -0.05) is 0 Å². The molecule has 0 aliphatic carbocycles. The van der Waals surface area contributed by atoms with Gasteiger partial charge in [0, 0.05) is 19.7 Å². The molecule has 0 radical (unpaired) electrons. The van der Waals surface area contributed by atoms with E-state index < -0.39 is 26.2 Å². The molecule has 1 saturated heterocycles. The van der Waals surface area contributed by atoms with Crippen LogP contribution in [0.5, 0.6) is 5.75 Å². The second-order valence-electron chi connectivity index (χ2n) is 5.66. The summed E-state index contributed by atoms with van der Waals surface area (Å²) in [4.78, 5) is 10.2. The maximum atomic E-state index is 12.5. The molecular formula is C14H21N3O6S. The minimum Gasteiger partial charge on any atom is -0.490 e. The Morgan fingerprint density at radius 3 is 2.71 bits per heavy atom. The fourth-order valence-electron chi connectivity index (χ4n) is 2.77. The van der Waals surface area contributed by atoms with E-state index in [1.807, 2.05) is 0 Å². The van der Waals surface area contributed by atoms with Gasteiger partial charge in [0.15, 0.2) is 5.75 Å². The van der Waals surface area contributed by atoms with Gasteiger partial charge in [-0.25, -0.2) is 13.1 Å². The van der Waals surface area contributed by atoms with Crippen LogP contribution in [0.15, 0.2) is 23.1 Å². The van der Waals surface area contributed by atoms with Gasteiger partial charge in [0.25, 0.3) is 0 Å². The second kappa shape index (κ2) is 7.43. The van der Waals surface area contributed by atoms with Gasteiger partial charge in [-0.15, -0.1) is 0 Å². The van der Waals surface area contributed by atoms with Gasteiger partial charge in [0.05, 0.1) is 29.1 Å². The molecule has 1 aromatic carbocycles. The summed E-state index contributed by atoms with van der Waals surface area (Å²) in [5, 5.41) is 14.3. The molecule has 0 saturated carbocycles. The number of ether oxygens (including phenoxy) is 2. The molecule has 0 amide bonds. The molecule has 1 aliphatic heterocycles.